The SMILES string of the molecule is CCC1(CC)c2ccccc2-c2cccc(CF)[n+]2C1C. The minimum absolute atomic E-state index is 0.0829. The molecule has 2 heteroatoms. The van der Waals surface area contributed by atoms with Crippen LogP contribution in [0.25, 0.3) is 11.3 Å². The van der Waals surface area contributed by atoms with E-state index in [0.717, 1.165) is 24.2 Å². The van der Waals surface area contributed by atoms with Crippen LogP contribution in [0, 0.1) is 0 Å². The van der Waals surface area contributed by atoms with Crippen LogP contribution in [0.15, 0.2) is 42.5 Å². The zero-order valence-corrected chi connectivity index (χ0v) is 13.1. The van der Waals surface area contributed by atoms with Crippen molar-refractivity contribution in [2.24, 2.45) is 0 Å². The van der Waals surface area contributed by atoms with E-state index in [4.69, 9.17) is 0 Å². The van der Waals surface area contributed by atoms with Gasteiger partial charge in [-0.1, -0.05) is 32.0 Å². The Morgan fingerprint density at radius 3 is 2.43 bits per heavy atom. The Morgan fingerprint density at radius 1 is 1.05 bits per heavy atom. The predicted octanol–water partition coefficient (Wildman–Crippen LogP) is 4.74. The lowest BCUT2D eigenvalue weighted by atomic mass is 9.66. The lowest BCUT2D eigenvalue weighted by Gasteiger charge is -2.40. The number of alkyl halides is 1. The van der Waals surface area contributed by atoms with E-state index in [2.05, 4.69) is 55.7 Å². The van der Waals surface area contributed by atoms with Crippen LogP contribution in [0.3, 0.4) is 0 Å². The smallest absolute Gasteiger partial charge is 0.213 e. The Bertz CT molecular complexity index is 658. The average molecular weight is 284 g/mol. The molecule has 0 N–H and O–H groups in total. The minimum atomic E-state index is -0.413. The average Bonchev–Trinajstić information content (AvgIpc) is 2.55. The molecule has 3 rings (SSSR count). The third kappa shape index (κ3) is 1.85. The largest absolute Gasteiger partial charge is 0.239 e. The third-order valence-electron chi connectivity index (χ3n) is 5.44. The molecule has 0 amide bonds. The van der Waals surface area contributed by atoms with Crippen LogP contribution in [-0.4, -0.2) is 0 Å². The fourth-order valence-electron chi connectivity index (χ4n) is 4.19. The molecular weight excluding hydrogens is 261 g/mol. The number of nitrogens with zero attached hydrogens (tertiary/aromatic N) is 1. The third-order valence-corrected chi connectivity index (χ3v) is 5.44. The topological polar surface area (TPSA) is 3.88 Å². The van der Waals surface area contributed by atoms with Gasteiger partial charge in [0.2, 0.25) is 11.4 Å². The lowest BCUT2D eigenvalue weighted by Crippen LogP contribution is -2.56. The maximum absolute atomic E-state index is 13.5. The number of aromatic nitrogens is 1. The summed E-state index contributed by atoms with van der Waals surface area (Å²) < 4.78 is 15.7. The van der Waals surface area contributed by atoms with Gasteiger partial charge in [-0.15, -0.1) is 0 Å². The van der Waals surface area contributed by atoms with Crippen molar-refractivity contribution in [3.8, 4) is 11.3 Å². The van der Waals surface area contributed by atoms with Crippen LogP contribution in [0.4, 0.5) is 4.39 Å². The Hall–Kier alpha value is -1.70. The highest BCUT2D eigenvalue weighted by molar-refractivity contribution is 5.65. The summed E-state index contributed by atoms with van der Waals surface area (Å²) in [5, 5.41) is 0. The molecule has 1 aliphatic heterocycles. The van der Waals surface area contributed by atoms with Gasteiger partial charge in [-0.05, 0) is 37.5 Å². The van der Waals surface area contributed by atoms with E-state index in [1.807, 2.05) is 12.1 Å². The molecule has 0 saturated heterocycles. The first-order chi connectivity index (χ1) is 10.2. The molecule has 0 radical (unpaired) electrons. The summed E-state index contributed by atoms with van der Waals surface area (Å²) in [4.78, 5) is 0. The Kier molecular flexibility index (Phi) is 3.56. The van der Waals surface area contributed by atoms with E-state index in [1.165, 1.54) is 11.1 Å². The molecule has 0 spiro atoms. The molecule has 1 atom stereocenters. The fourth-order valence-corrected chi connectivity index (χ4v) is 4.19. The van der Waals surface area contributed by atoms with Crippen molar-refractivity contribution in [1.82, 2.24) is 0 Å². The maximum atomic E-state index is 13.5. The van der Waals surface area contributed by atoms with Gasteiger partial charge in [-0.25, -0.2) is 4.39 Å². The minimum Gasteiger partial charge on any atom is -0.239 e. The number of benzene rings is 1. The number of fused-ring (bicyclic) bond motifs is 3. The summed E-state index contributed by atoms with van der Waals surface area (Å²) in [6.45, 7) is 6.33. The number of pyridine rings is 1. The second-order valence-electron chi connectivity index (χ2n) is 5.99. The molecule has 1 unspecified atom stereocenters. The second kappa shape index (κ2) is 5.25. The molecule has 1 nitrogen and oxygen atoms in total. The molecule has 0 fully saturated rings. The Morgan fingerprint density at radius 2 is 1.76 bits per heavy atom. The summed E-state index contributed by atoms with van der Waals surface area (Å²) in [6, 6.07) is 14.9. The van der Waals surface area contributed by atoms with Gasteiger partial charge in [0.15, 0.2) is 12.7 Å². The first-order valence-corrected chi connectivity index (χ1v) is 7.88. The van der Waals surface area contributed by atoms with Crippen molar-refractivity contribution in [2.45, 2.75) is 51.7 Å². The molecule has 2 heterocycles. The van der Waals surface area contributed by atoms with Crippen LogP contribution in [-0.2, 0) is 12.1 Å². The number of hydrogen-bond acceptors (Lipinski definition) is 0. The maximum Gasteiger partial charge on any atom is 0.213 e. The van der Waals surface area contributed by atoms with E-state index in [-0.39, 0.29) is 11.5 Å². The molecule has 0 bridgehead atoms. The van der Waals surface area contributed by atoms with Gasteiger partial charge in [-0.3, -0.25) is 0 Å². The standard InChI is InChI=1S/C19H23FN/c1-4-19(5-2)14(3)21-15(13-20)9-8-12-18(21)16-10-6-7-11-17(16)19/h6-12,14H,4-5,13H2,1-3H3/q+1. The van der Waals surface area contributed by atoms with Gasteiger partial charge in [0, 0.05) is 12.1 Å². The highest BCUT2D eigenvalue weighted by Gasteiger charge is 2.48. The van der Waals surface area contributed by atoms with Crippen LogP contribution < -0.4 is 4.57 Å². The van der Waals surface area contributed by atoms with E-state index in [1.54, 1.807) is 0 Å². The number of halogens is 1. The number of hydrogen-bond donors (Lipinski definition) is 0. The summed E-state index contributed by atoms with van der Waals surface area (Å²) in [7, 11) is 0. The summed E-state index contributed by atoms with van der Waals surface area (Å²) >= 11 is 0. The van der Waals surface area contributed by atoms with Gasteiger partial charge in [0.1, 0.15) is 0 Å². The lowest BCUT2D eigenvalue weighted by molar-refractivity contribution is -0.729. The molecule has 0 aliphatic carbocycles. The van der Waals surface area contributed by atoms with E-state index < -0.39 is 6.67 Å². The first-order valence-electron chi connectivity index (χ1n) is 7.88. The quantitative estimate of drug-likeness (QED) is 0.717. The first kappa shape index (κ1) is 14.2. The predicted molar refractivity (Wildman–Crippen MR) is 83.9 cm³/mol. The van der Waals surface area contributed by atoms with Gasteiger partial charge in [0.05, 0.1) is 11.0 Å². The van der Waals surface area contributed by atoms with Crippen molar-refractivity contribution in [2.75, 3.05) is 0 Å². The summed E-state index contributed by atoms with van der Waals surface area (Å²) in [5.41, 5.74) is 4.68. The van der Waals surface area contributed by atoms with Crippen molar-refractivity contribution in [1.29, 1.82) is 0 Å². The molecule has 21 heavy (non-hydrogen) atoms. The van der Waals surface area contributed by atoms with Gasteiger partial charge >= 0.3 is 0 Å². The van der Waals surface area contributed by atoms with Gasteiger partial charge < -0.3 is 0 Å². The molecule has 0 saturated carbocycles. The van der Waals surface area contributed by atoms with Crippen molar-refractivity contribution in [3.05, 3.63) is 53.7 Å². The second-order valence-corrected chi connectivity index (χ2v) is 5.99. The normalized spacial score (nSPS) is 19.0. The molecule has 1 aromatic carbocycles. The monoisotopic (exact) mass is 284 g/mol. The summed E-state index contributed by atoms with van der Waals surface area (Å²) in [6.07, 6.45) is 2.13. The highest BCUT2D eigenvalue weighted by atomic mass is 19.1. The Balaban J connectivity index is 2.38. The van der Waals surface area contributed by atoms with Crippen LogP contribution in [0.5, 0.6) is 0 Å². The van der Waals surface area contributed by atoms with Crippen LogP contribution in [0.1, 0.15) is 50.9 Å². The van der Waals surface area contributed by atoms with Gasteiger partial charge in [0.25, 0.3) is 0 Å². The van der Waals surface area contributed by atoms with Crippen molar-refractivity contribution < 1.29 is 8.96 Å². The highest BCUT2D eigenvalue weighted by Crippen LogP contribution is 2.47. The van der Waals surface area contributed by atoms with Gasteiger partial charge in [-0.2, -0.15) is 4.57 Å². The summed E-state index contributed by atoms with van der Waals surface area (Å²) in [5.74, 6) is 0. The van der Waals surface area contributed by atoms with Crippen molar-refractivity contribution >= 4 is 0 Å². The zero-order valence-electron chi connectivity index (χ0n) is 13.1. The molecular formula is C19H23FN+. The van der Waals surface area contributed by atoms with E-state index >= 15 is 0 Å². The number of rotatable bonds is 3. The Labute approximate surface area is 126 Å². The zero-order chi connectivity index (χ0) is 15.0. The van der Waals surface area contributed by atoms with E-state index in [0.29, 0.717) is 0 Å². The molecule has 1 aromatic heterocycles. The molecule has 1 aliphatic rings. The molecule has 110 valence electrons. The molecule has 2 aromatic rings. The van der Waals surface area contributed by atoms with Crippen LogP contribution in [0.2, 0.25) is 0 Å². The van der Waals surface area contributed by atoms with Crippen LogP contribution >= 0.6 is 0 Å². The fraction of sp³-hybridized carbons (Fsp3) is 0.421. The van der Waals surface area contributed by atoms with Crippen molar-refractivity contribution in [3.63, 3.8) is 0 Å². The van der Waals surface area contributed by atoms with E-state index in [9.17, 15) is 4.39 Å².